The van der Waals surface area contributed by atoms with Gasteiger partial charge in [-0.05, 0) is 42.3 Å². The maximum Gasteiger partial charge on any atom is 0.282 e. The molecule has 0 bridgehead atoms. The van der Waals surface area contributed by atoms with Crippen LogP contribution in [0.3, 0.4) is 0 Å². The van der Waals surface area contributed by atoms with E-state index in [0.29, 0.717) is 16.5 Å². The summed E-state index contributed by atoms with van der Waals surface area (Å²) >= 11 is 6.13. The van der Waals surface area contributed by atoms with Gasteiger partial charge in [-0.15, -0.1) is 0 Å². The van der Waals surface area contributed by atoms with Crippen molar-refractivity contribution < 1.29 is 14.4 Å². The lowest BCUT2D eigenvalue weighted by molar-refractivity contribution is -0.909. The van der Waals surface area contributed by atoms with E-state index in [9.17, 15) is 4.79 Å². The summed E-state index contributed by atoms with van der Waals surface area (Å²) in [6, 6.07) is 15.6. The van der Waals surface area contributed by atoms with Crippen LogP contribution in [0.1, 0.15) is 18.9 Å². The predicted molar refractivity (Wildman–Crippen MR) is 106 cm³/mol. The van der Waals surface area contributed by atoms with E-state index < -0.39 is 0 Å². The van der Waals surface area contributed by atoms with Crippen LogP contribution in [0.5, 0.6) is 5.75 Å². The highest BCUT2D eigenvalue weighted by atomic mass is 35.5. The van der Waals surface area contributed by atoms with Crippen LogP contribution in [0.4, 0.5) is 5.69 Å². The standard InChI is InChI=1S/C21H23ClN2O2/c1-15(21(25)23-18-8-9-20(26-2)19(22)14-18)24-12-10-17(11-13-24)16-6-4-3-5-7-16/h3-10,14-15H,11-13H2,1-2H3,(H,23,25)/p+1/t15-/m1/s1. The van der Waals surface area contributed by atoms with Crippen LogP contribution in [0, 0.1) is 0 Å². The number of methoxy groups -OCH3 is 1. The fourth-order valence-corrected chi connectivity index (χ4v) is 3.50. The summed E-state index contributed by atoms with van der Waals surface area (Å²) in [5.74, 6) is 0.593. The highest BCUT2D eigenvalue weighted by Crippen LogP contribution is 2.27. The minimum Gasteiger partial charge on any atom is -0.495 e. The minimum atomic E-state index is -0.135. The Bertz CT molecular complexity index is 805. The number of anilines is 1. The van der Waals surface area contributed by atoms with Crippen LogP contribution >= 0.6 is 11.6 Å². The van der Waals surface area contributed by atoms with E-state index in [4.69, 9.17) is 16.3 Å². The summed E-state index contributed by atoms with van der Waals surface area (Å²) in [5, 5.41) is 3.44. The highest BCUT2D eigenvalue weighted by Gasteiger charge is 2.27. The fourth-order valence-electron chi connectivity index (χ4n) is 3.24. The molecule has 0 aromatic heterocycles. The summed E-state index contributed by atoms with van der Waals surface area (Å²) in [7, 11) is 1.57. The first-order valence-electron chi connectivity index (χ1n) is 8.82. The van der Waals surface area contributed by atoms with Crippen molar-refractivity contribution in [1.29, 1.82) is 0 Å². The van der Waals surface area contributed by atoms with Crippen molar-refractivity contribution in [2.75, 3.05) is 25.5 Å². The summed E-state index contributed by atoms with van der Waals surface area (Å²) in [5.41, 5.74) is 3.32. The number of quaternary nitrogens is 1. The molecule has 3 rings (SSSR count). The Morgan fingerprint density at radius 3 is 2.62 bits per heavy atom. The quantitative estimate of drug-likeness (QED) is 0.848. The van der Waals surface area contributed by atoms with Crippen LogP contribution in [0.2, 0.25) is 5.02 Å². The monoisotopic (exact) mass is 371 g/mol. The number of carbonyl (C=O) groups is 1. The molecule has 0 saturated carbocycles. The molecular weight excluding hydrogens is 348 g/mol. The average Bonchev–Trinajstić information content (AvgIpc) is 2.68. The zero-order chi connectivity index (χ0) is 18.5. The van der Waals surface area contributed by atoms with Gasteiger partial charge in [0.2, 0.25) is 0 Å². The lowest BCUT2D eigenvalue weighted by Gasteiger charge is -2.28. The van der Waals surface area contributed by atoms with Crippen LogP contribution in [0.15, 0.2) is 54.6 Å². The zero-order valence-electron chi connectivity index (χ0n) is 15.1. The van der Waals surface area contributed by atoms with Gasteiger partial charge < -0.3 is 15.0 Å². The average molecular weight is 372 g/mol. The molecule has 2 aromatic rings. The number of benzene rings is 2. The molecule has 0 fully saturated rings. The maximum atomic E-state index is 12.6. The van der Waals surface area contributed by atoms with E-state index >= 15 is 0 Å². The third-order valence-electron chi connectivity index (χ3n) is 4.90. The fraction of sp³-hybridized carbons (Fsp3) is 0.286. The van der Waals surface area contributed by atoms with Crippen molar-refractivity contribution >= 4 is 28.8 Å². The Kier molecular flexibility index (Phi) is 5.96. The molecule has 0 aliphatic carbocycles. The van der Waals surface area contributed by atoms with E-state index in [2.05, 4.69) is 35.7 Å². The molecule has 0 spiro atoms. The lowest BCUT2D eigenvalue weighted by Crippen LogP contribution is -3.17. The van der Waals surface area contributed by atoms with E-state index in [1.807, 2.05) is 13.0 Å². The van der Waals surface area contributed by atoms with E-state index in [1.54, 1.807) is 25.3 Å². The van der Waals surface area contributed by atoms with Gasteiger partial charge in [0.1, 0.15) is 5.75 Å². The van der Waals surface area contributed by atoms with Gasteiger partial charge in [0.05, 0.1) is 25.2 Å². The van der Waals surface area contributed by atoms with Gasteiger partial charge in [-0.2, -0.15) is 0 Å². The second kappa shape index (κ2) is 8.39. The van der Waals surface area contributed by atoms with Crippen molar-refractivity contribution in [3.8, 4) is 5.75 Å². The van der Waals surface area contributed by atoms with Gasteiger partial charge in [-0.1, -0.05) is 41.9 Å². The third kappa shape index (κ3) is 4.26. The Balaban J connectivity index is 1.61. The molecule has 2 N–H and O–H groups in total. The molecule has 136 valence electrons. The number of hydrogen-bond donors (Lipinski definition) is 2. The normalized spacial score (nSPS) is 18.0. The molecule has 2 aromatic carbocycles. The van der Waals surface area contributed by atoms with Crippen LogP contribution in [-0.4, -0.2) is 32.1 Å². The smallest absolute Gasteiger partial charge is 0.282 e. The molecule has 0 radical (unpaired) electrons. The predicted octanol–water partition coefficient (Wildman–Crippen LogP) is 3.05. The summed E-state index contributed by atoms with van der Waals surface area (Å²) in [6.45, 7) is 3.76. The first-order chi connectivity index (χ1) is 12.6. The lowest BCUT2D eigenvalue weighted by atomic mass is 9.99. The van der Waals surface area contributed by atoms with E-state index in [-0.39, 0.29) is 11.9 Å². The number of rotatable bonds is 5. The molecule has 1 aliphatic heterocycles. The van der Waals surface area contributed by atoms with Crippen molar-refractivity contribution in [1.82, 2.24) is 0 Å². The zero-order valence-corrected chi connectivity index (χ0v) is 15.8. The van der Waals surface area contributed by atoms with Crippen molar-refractivity contribution in [2.45, 2.75) is 19.4 Å². The van der Waals surface area contributed by atoms with Gasteiger partial charge in [0, 0.05) is 12.1 Å². The number of halogens is 1. The number of amides is 1. The van der Waals surface area contributed by atoms with Gasteiger partial charge in [-0.25, -0.2) is 0 Å². The van der Waals surface area contributed by atoms with Crippen LogP contribution < -0.4 is 15.0 Å². The van der Waals surface area contributed by atoms with Gasteiger partial charge in [0.25, 0.3) is 5.91 Å². The Hall–Kier alpha value is -2.30. The van der Waals surface area contributed by atoms with Crippen LogP contribution in [0.25, 0.3) is 5.57 Å². The summed E-state index contributed by atoms with van der Waals surface area (Å²) in [4.78, 5) is 13.9. The SMILES string of the molecule is COc1ccc(NC(=O)[C@@H](C)[NH+]2CC=C(c3ccccc3)CC2)cc1Cl. The number of carbonyl (C=O) groups excluding carboxylic acids is 1. The molecule has 4 nitrogen and oxygen atoms in total. The molecule has 5 heteroatoms. The largest absolute Gasteiger partial charge is 0.495 e. The Morgan fingerprint density at radius 1 is 1.23 bits per heavy atom. The number of ether oxygens (including phenoxy) is 1. The van der Waals surface area contributed by atoms with Gasteiger partial charge in [0.15, 0.2) is 6.04 Å². The molecule has 1 amide bonds. The van der Waals surface area contributed by atoms with Gasteiger partial charge >= 0.3 is 0 Å². The number of hydrogen-bond acceptors (Lipinski definition) is 2. The highest BCUT2D eigenvalue weighted by molar-refractivity contribution is 6.32. The second-order valence-corrected chi connectivity index (χ2v) is 6.93. The third-order valence-corrected chi connectivity index (χ3v) is 5.19. The minimum absolute atomic E-state index is 0.00204. The Morgan fingerprint density at radius 2 is 2.00 bits per heavy atom. The molecule has 2 atom stereocenters. The molecule has 1 heterocycles. The first-order valence-corrected chi connectivity index (χ1v) is 9.19. The molecule has 1 unspecified atom stereocenters. The first kappa shape index (κ1) is 18.5. The van der Waals surface area contributed by atoms with Crippen molar-refractivity contribution in [2.24, 2.45) is 0 Å². The van der Waals surface area contributed by atoms with Crippen molar-refractivity contribution in [3.05, 3.63) is 65.2 Å². The van der Waals surface area contributed by atoms with E-state index in [0.717, 1.165) is 19.5 Å². The van der Waals surface area contributed by atoms with Gasteiger partial charge in [-0.3, -0.25) is 4.79 Å². The Labute approximate surface area is 159 Å². The second-order valence-electron chi connectivity index (χ2n) is 6.52. The van der Waals surface area contributed by atoms with E-state index in [1.165, 1.54) is 16.0 Å². The topological polar surface area (TPSA) is 42.8 Å². The molecule has 1 aliphatic rings. The number of nitrogens with one attached hydrogen (secondary N) is 2. The summed E-state index contributed by atoms with van der Waals surface area (Å²) < 4.78 is 5.14. The maximum absolute atomic E-state index is 12.6. The van der Waals surface area contributed by atoms with Crippen molar-refractivity contribution in [3.63, 3.8) is 0 Å². The molecule has 0 saturated heterocycles. The molecule has 26 heavy (non-hydrogen) atoms. The molecular formula is C21H24ClN2O2+. The van der Waals surface area contributed by atoms with Crippen LogP contribution in [-0.2, 0) is 4.79 Å². The summed E-state index contributed by atoms with van der Waals surface area (Å²) in [6.07, 6.45) is 3.23.